The number of fused-ring (bicyclic) bond motifs is 4. The van der Waals surface area contributed by atoms with Crippen LogP contribution in [-0.2, 0) is 0 Å². The van der Waals surface area contributed by atoms with Gasteiger partial charge in [-0.3, -0.25) is 0 Å². The predicted molar refractivity (Wildman–Crippen MR) is 122 cm³/mol. The number of hydrogen-bond acceptors (Lipinski definition) is 0. The van der Waals surface area contributed by atoms with Crippen LogP contribution in [-0.4, -0.2) is 13.1 Å². The van der Waals surface area contributed by atoms with Crippen LogP contribution in [0.1, 0.15) is 0 Å². The molecule has 0 aliphatic rings. The highest BCUT2D eigenvalue weighted by molar-refractivity contribution is 6.92. The average molecular weight is 366 g/mol. The van der Waals surface area contributed by atoms with Crippen molar-refractivity contribution in [3.8, 4) is 11.1 Å². The van der Waals surface area contributed by atoms with Crippen molar-refractivity contribution >= 4 is 45.8 Å². The molecule has 0 aliphatic carbocycles. The first kappa shape index (κ1) is 16.3. The summed E-state index contributed by atoms with van der Waals surface area (Å²) < 4.78 is 0. The molecule has 5 rings (SSSR count). The van der Waals surface area contributed by atoms with Crippen LogP contribution in [0.5, 0.6) is 0 Å². The molecule has 0 bridgehead atoms. The van der Waals surface area contributed by atoms with Crippen LogP contribution in [0.3, 0.4) is 0 Å². The Morgan fingerprint density at radius 2 is 1.22 bits per heavy atom. The van der Waals surface area contributed by atoms with Crippen molar-refractivity contribution in [2.45, 2.75) is 19.6 Å². The summed E-state index contributed by atoms with van der Waals surface area (Å²) in [4.78, 5) is 3.77. The lowest BCUT2D eigenvalue weighted by Gasteiger charge is -2.23. The third-order valence-electron chi connectivity index (χ3n) is 5.48. The van der Waals surface area contributed by atoms with E-state index in [0.717, 1.165) is 0 Å². The summed E-state index contributed by atoms with van der Waals surface area (Å²) in [7, 11) is -1.59. The van der Waals surface area contributed by atoms with Gasteiger partial charge in [-0.2, -0.15) is 0 Å². The van der Waals surface area contributed by atoms with E-state index in [0.29, 0.717) is 0 Å². The molecular weight excluding hydrogens is 342 g/mol. The number of H-pyrrole nitrogens is 1. The SMILES string of the molecule is C[Si](C)(C)c1c2ccccc2c(-c2ccccc2)c2[nH]c3ccccc3c12. The van der Waals surface area contributed by atoms with E-state index in [1.807, 2.05) is 0 Å². The van der Waals surface area contributed by atoms with E-state index in [1.165, 1.54) is 43.7 Å². The van der Waals surface area contributed by atoms with E-state index in [4.69, 9.17) is 0 Å². The van der Waals surface area contributed by atoms with E-state index in [-0.39, 0.29) is 0 Å². The smallest absolute Gasteiger partial charge is 0.0793 e. The summed E-state index contributed by atoms with van der Waals surface area (Å²) in [6.45, 7) is 7.37. The van der Waals surface area contributed by atoms with Crippen molar-refractivity contribution in [2.75, 3.05) is 0 Å². The Bertz CT molecular complexity index is 1290. The van der Waals surface area contributed by atoms with Gasteiger partial charge in [-0.15, -0.1) is 0 Å². The minimum atomic E-state index is -1.59. The third-order valence-corrected chi connectivity index (χ3v) is 7.50. The van der Waals surface area contributed by atoms with Crippen LogP contribution < -0.4 is 5.19 Å². The largest absolute Gasteiger partial charge is 0.354 e. The zero-order valence-electron chi connectivity index (χ0n) is 16.0. The first-order valence-electron chi connectivity index (χ1n) is 9.57. The summed E-state index contributed by atoms with van der Waals surface area (Å²) in [5, 5.41) is 7.08. The maximum absolute atomic E-state index is 3.77. The fraction of sp³-hybridized carbons (Fsp3) is 0.120. The highest BCUT2D eigenvalue weighted by atomic mass is 28.3. The van der Waals surface area contributed by atoms with Gasteiger partial charge >= 0.3 is 0 Å². The Morgan fingerprint density at radius 1 is 0.630 bits per heavy atom. The van der Waals surface area contributed by atoms with Crippen molar-refractivity contribution < 1.29 is 0 Å². The van der Waals surface area contributed by atoms with Crippen molar-refractivity contribution in [1.29, 1.82) is 0 Å². The molecule has 0 radical (unpaired) electrons. The van der Waals surface area contributed by atoms with Gasteiger partial charge in [-0.25, -0.2) is 0 Å². The Balaban J connectivity index is 2.13. The molecule has 0 spiro atoms. The molecule has 132 valence electrons. The standard InChI is InChI=1S/C25H23NSi/c1-27(2,3)25-19-14-8-7-13-18(19)22(17-11-5-4-6-12-17)24-23(25)20-15-9-10-16-21(20)26-24/h4-16,26H,1-3H3. The Kier molecular flexibility index (Phi) is 3.53. The van der Waals surface area contributed by atoms with Gasteiger partial charge < -0.3 is 4.98 Å². The summed E-state index contributed by atoms with van der Waals surface area (Å²) in [6.07, 6.45) is 0. The molecule has 2 heteroatoms. The van der Waals surface area contributed by atoms with Crippen LogP contribution in [0.25, 0.3) is 43.7 Å². The third kappa shape index (κ3) is 2.44. The van der Waals surface area contributed by atoms with Crippen LogP contribution in [0.4, 0.5) is 0 Å². The van der Waals surface area contributed by atoms with Crippen molar-refractivity contribution in [3.63, 3.8) is 0 Å². The van der Waals surface area contributed by atoms with E-state index >= 15 is 0 Å². The monoisotopic (exact) mass is 365 g/mol. The lowest BCUT2D eigenvalue weighted by molar-refractivity contribution is 1.54. The van der Waals surface area contributed by atoms with Crippen LogP contribution in [0, 0.1) is 0 Å². The molecule has 4 aromatic carbocycles. The lowest BCUT2D eigenvalue weighted by Crippen LogP contribution is -2.38. The topological polar surface area (TPSA) is 15.8 Å². The molecule has 1 N–H and O–H groups in total. The van der Waals surface area contributed by atoms with Gasteiger partial charge in [0.2, 0.25) is 0 Å². The number of benzene rings is 4. The maximum atomic E-state index is 3.77. The van der Waals surface area contributed by atoms with Gasteiger partial charge in [0, 0.05) is 21.9 Å². The normalized spacial score (nSPS) is 12.3. The van der Waals surface area contributed by atoms with Gasteiger partial charge in [0.1, 0.15) is 0 Å². The van der Waals surface area contributed by atoms with Crippen molar-refractivity contribution in [1.82, 2.24) is 4.98 Å². The van der Waals surface area contributed by atoms with Crippen LogP contribution >= 0.6 is 0 Å². The fourth-order valence-corrected chi connectivity index (χ4v) is 6.50. The van der Waals surface area contributed by atoms with E-state index in [2.05, 4.69) is 103 Å². The average Bonchev–Trinajstić information content (AvgIpc) is 3.04. The van der Waals surface area contributed by atoms with Gasteiger partial charge in [0.05, 0.1) is 13.6 Å². The molecule has 5 aromatic rings. The van der Waals surface area contributed by atoms with Gasteiger partial charge in [0.15, 0.2) is 0 Å². The van der Waals surface area contributed by atoms with Crippen LogP contribution in [0.15, 0.2) is 78.9 Å². The molecule has 0 fully saturated rings. The zero-order valence-corrected chi connectivity index (χ0v) is 17.0. The molecule has 0 saturated carbocycles. The van der Waals surface area contributed by atoms with Crippen molar-refractivity contribution in [3.05, 3.63) is 78.9 Å². The van der Waals surface area contributed by atoms with E-state index in [9.17, 15) is 0 Å². The molecule has 0 atom stereocenters. The second-order valence-electron chi connectivity index (χ2n) is 8.33. The highest BCUT2D eigenvalue weighted by Crippen LogP contribution is 2.39. The van der Waals surface area contributed by atoms with Crippen LogP contribution in [0.2, 0.25) is 19.6 Å². The minimum absolute atomic E-state index is 1.22. The first-order valence-corrected chi connectivity index (χ1v) is 13.1. The van der Waals surface area contributed by atoms with Gasteiger partial charge in [-0.05, 0) is 27.6 Å². The van der Waals surface area contributed by atoms with Gasteiger partial charge in [0.25, 0.3) is 0 Å². The number of aromatic amines is 1. The molecule has 0 saturated heterocycles. The van der Waals surface area contributed by atoms with Gasteiger partial charge in [-0.1, -0.05) is 92.4 Å². The Labute approximate surface area is 160 Å². The minimum Gasteiger partial charge on any atom is -0.354 e. The first-order chi connectivity index (χ1) is 13.1. The maximum Gasteiger partial charge on any atom is 0.0793 e. The Hall–Kier alpha value is -2.84. The molecule has 1 heterocycles. The number of para-hydroxylation sites is 1. The number of aromatic nitrogens is 1. The molecule has 0 amide bonds. The van der Waals surface area contributed by atoms with E-state index in [1.54, 1.807) is 5.19 Å². The summed E-state index contributed by atoms with van der Waals surface area (Å²) in [5.41, 5.74) is 5.09. The Morgan fingerprint density at radius 3 is 1.93 bits per heavy atom. The summed E-state index contributed by atoms with van der Waals surface area (Å²) in [5.74, 6) is 0. The molecule has 0 aliphatic heterocycles. The van der Waals surface area contributed by atoms with E-state index < -0.39 is 8.07 Å². The molecule has 27 heavy (non-hydrogen) atoms. The van der Waals surface area contributed by atoms with Crippen molar-refractivity contribution in [2.24, 2.45) is 0 Å². The number of rotatable bonds is 2. The quantitative estimate of drug-likeness (QED) is 0.336. The molecule has 0 unspecified atom stereocenters. The summed E-state index contributed by atoms with van der Waals surface area (Å²) >= 11 is 0. The lowest BCUT2D eigenvalue weighted by atomic mass is 9.95. The summed E-state index contributed by atoms with van der Waals surface area (Å²) in [6, 6.07) is 28.5. The second-order valence-corrected chi connectivity index (χ2v) is 13.3. The highest BCUT2D eigenvalue weighted by Gasteiger charge is 2.27. The zero-order chi connectivity index (χ0) is 18.6. The fourth-order valence-electron chi connectivity index (χ4n) is 4.46. The molecular formula is C25H23NSi. The second kappa shape index (κ2) is 5.83. The molecule has 1 nitrogen and oxygen atoms in total. The number of hydrogen-bond donors (Lipinski definition) is 1. The number of nitrogens with one attached hydrogen (secondary N) is 1. The molecule has 1 aromatic heterocycles. The predicted octanol–water partition coefficient (Wildman–Crippen LogP) is 6.69.